The molecule has 1 aliphatic heterocycles. The third kappa shape index (κ3) is 4.24. The van der Waals surface area contributed by atoms with Crippen LogP contribution in [0.2, 0.25) is 0 Å². The Balaban J connectivity index is 2.03. The van der Waals surface area contributed by atoms with Gasteiger partial charge in [0, 0.05) is 18.7 Å². The minimum atomic E-state index is -0.919. The molecule has 162 valence electrons. The van der Waals surface area contributed by atoms with Crippen molar-refractivity contribution in [3.05, 3.63) is 68.5 Å². The van der Waals surface area contributed by atoms with E-state index in [0.717, 1.165) is 5.56 Å². The molecule has 3 atom stereocenters. The molecular formula is C22H28N2O6. The van der Waals surface area contributed by atoms with Gasteiger partial charge in [-0.25, -0.2) is 4.79 Å². The second-order valence-corrected chi connectivity index (χ2v) is 7.55. The number of rotatable bonds is 7. The first kappa shape index (κ1) is 22.0. The van der Waals surface area contributed by atoms with Crippen molar-refractivity contribution in [1.82, 2.24) is 9.55 Å². The number of benzene rings is 1. The van der Waals surface area contributed by atoms with Crippen molar-refractivity contribution < 1.29 is 19.0 Å². The minimum Gasteiger partial charge on any atom is -0.455 e. The number of esters is 1. The molecule has 0 saturated carbocycles. The Morgan fingerprint density at radius 1 is 1.20 bits per heavy atom. The third-order valence-corrected chi connectivity index (χ3v) is 5.64. The van der Waals surface area contributed by atoms with E-state index in [2.05, 4.69) is 4.98 Å². The van der Waals surface area contributed by atoms with E-state index in [9.17, 15) is 14.4 Å². The van der Waals surface area contributed by atoms with E-state index >= 15 is 0 Å². The van der Waals surface area contributed by atoms with Crippen LogP contribution in [-0.2, 0) is 25.6 Å². The van der Waals surface area contributed by atoms with E-state index in [0.29, 0.717) is 25.0 Å². The van der Waals surface area contributed by atoms with Crippen LogP contribution < -0.4 is 11.2 Å². The zero-order chi connectivity index (χ0) is 21.9. The molecular weight excluding hydrogens is 388 g/mol. The standard InChI is InChI=1S/C22H28N2O6/c1-5-22(6-2)18(28-13-16-10-8-7-9-11-16)17(29-15(4)25)20(30-22)24-12-14(3)19(26)23-21(24)27/h7-12,17-18,20H,5-6,13H2,1-4H3,(H,23,26,27)/t17-,18?,20+/m0/s1. The fourth-order valence-corrected chi connectivity index (χ4v) is 3.95. The summed E-state index contributed by atoms with van der Waals surface area (Å²) in [5.74, 6) is -0.501. The number of aromatic nitrogens is 2. The fraction of sp³-hybridized carbons (Fsp3) is 0.500. The summed E-state index contributed by atoms with van der Waals surface area (Å²) >= 11 is 0. The Morgan fingerprint density at radius 2 is 1.87 bits per heavy atom. The van der Waals surface area contributed by atoms with Gasteiger partial charge in [-0.3, -0.25) is 19.1 Å². The lowest BCUT2D eigenvalue weighted by molar-refractivity contribution is -0.158. The Morgan fingerprint density at radius 3 is 2.47 bits per heavy atom. The van der Waals surface area contributed by atoms with Gasteiger partial charge >= 0.3 is 11.7 Å². The molecule has 1 aromatic heterocycles. The van der Waals surface area contributed by atoms with Gasteiger partial charge in [-0.05, 0) is 25.3 Å². The predicted octanol–water partition coefficient (Wildman–Crippen LogP) is 2.45. The van der Waals surface area contributed by atoms with Gasteiger partial charge in [0.2, 0.25) is 0 Å². The highest BCUT2D eigenvalue weighted by atomic mass is 16.6. The molecule has 1 saturated heterocycles. The highest BCUT2D eigenvalue weighted by Gasteiger charge is 2.56. The summed E-state index contributed by atoms with van der Waals surface area (Å²) in [5.41, 5.74) is -0.527. The average molecular weight is 416 g/mol. The van der Waals surface area contributed by atoms with Crippen LogP contribution in [0.3, 0.4) is 0 Å². The lowest BCUT2D eigenvalue weighted by atomic mass is 9.89. The quantitative estimate of drug-likeness (QED) is 0.696. The van der Waals surface area contributed by atoms with Crippen molar-refractivity contribution in [2.75, 3.05) is 0 Å². The SMILES string of the molecule is CCC1(CC)O[C@@H](n2cc(C)c(=O)[nH]c2=O)[C@@H](OC(C)=O)C1OCc1ccccc1. The van der Waals surface area contributed by atoms with Gasteiger partial charge in [-0.2, -0.15) is 0 Å². The molecule has 1 unspecified atom stereocenters. The molecule has 2 heterocycles. The molecule has 0 bridgehead atoms. The molecule has 1 aromatic carbocycles. The number of hydrogen-bond acceptors (Lipinski definition) is 6. The predicted molar refractivity (Wildman–Crippen MR) is 110 cm³/mol. The zero-order valence-corrected chi connectivity index (χ0v) is 17.7. The highest BCUT2D eigenvalue weighted by Crippen LogP contribution is 2.44. The van der Waals surface area contributed by atoms with Crippen LogP contribution in [0.5, 0.6) is 0 Å². The van der Waals surface area contributed by atoms with Crippen LogP contribution in [0.4, 0.5) is 0 Å². The Hall–Kier alpha value is -2.71. The molecule has 2 aromatic rings. The number of nitrogens with zero attached hydrogens (tertiary/aromatic N) is 1. The van der Waals surface area contributed by atoms with Crippen molar-refractivity contribution in [2.45, 2.75) is 71.2 Å². The molecule has 1 aliphatic rings. The van der Waals surface area contributed by atoms with Gasteiger partial charge in [0.05, 0.1) is 6.61 Å². The zero-order valence-electron chi connectivity index (χ0n) is 17.7. The number of carbonyl (C=O) groups is 1. The van der Waals surface area contributed by atoms with Gasteiger partial charge in [0.1, 0.15) is 11.7 Å². The van der Waals surface area contributed by atoms with E-state index in [1.165, 1.54) is 17.7 Å². The summed E-state index contributed by atoms with van der Waals surface area (Å²) in [4.78, 5) is 38.5. The summed E-state index contributed by atoms with van der Waals surface area (Å²) in [6, 6.07) is 9.66. The monoisotopic (exact) mass is 416 g/mol. The number of hydrogen-bond donors (Lipinski definition) is 1. The molecule has 30 heavy (non-hydrogen) atoms. The second kappa shape index (κ2) is 8.97. The fourth-order valence-electron chi connectivity index (χ4n) is 3.95. The largest absolute Gasteiger partial charge is 0.455 e. The topological polar surface area (TPSA) is 99.6 Å². The lowest BCUT2D eigenvalue weighted by Crippen LogP contribution is -2.46. The van der Waals surface area contributed by atoms with Crippen molar-refractivity contribution in [2.24, 2.45) is 0 Å². The van der Waals surface area contributed by atoms with E-state index in [4.69, 9.17) is 14.2 Å². The minimum absolute atomic E-state index is 0.306. The summed E-state index contributed by atoms with van der Waals surface area (Å²) in [5, 5.41) is 0. The van der Waals surface area contributed by atoms with E-state index < -0.39 is 41.3 Å². The summed E-state index contributed by atoms with van der Waals surface area (Å²) in [7, 11) is 0. The molecule has 1 N–H and O–H groups in total. The maximum Gasteiger partial charge on any atom is 0.330 e. The first-order valence-corrected chi connectivity index (χ1v) is 10.1. The molecule has 8 heteroatoms. The Kier molecular flexibility index (Phi) is 6.58. The summed E-state index contributed by atoms with van der Waals surface area (Å²) in [6.07, 6.45) is 0.244. The maximum absolute atomic E-state index is 12.5. The first-order valence-electron chi connectivity index (χ1n) is 10.1. The van der Waals surface area contributed by atoms with Gasteiger partial charge in [-0.15, -0.1) is 0 Å². The molecule has 0 spiro atoms. The average Bonchev–Trinajstić information content (AvgIpc) is 3.03. The van der Waals surface area contributed by atoms with Crippen molar-refractivity contribution in [3.63, 3.8) is 0 Å². The van der Waals surface area contributed by atoms with Crippen LogP contribution in [0.1, 0.15) is 51.0 Å². The molecule has 0 amide bonds. The van der Waals surface area contributed by atoms with E-state index in [1.54, 1.807) is 6.92 Å². The van der Waals surface area contributed by atoms with E-state index in [-0.39, 0.29) is 0 Å². The van der Waals surface area contributed by atoms with Gasteiger partial charge < -0.3 is 14.2 Å². The normalized spacial score (nSPS) is 22.7. The number of ether oxygens (including phenoxy) is 3. The van der Waals surface area contributed by atoms with E-state index in [1.807, 2.05) is 44.2 Å². The molecule has 1 fully saturated rings. The van der Waals surface area contributed by atoms with Crippen molar-refractivity contribution >= 4 is 5.97 Å². The van der Waals surface area contributed by atoms with Gasteiger partial charge in [0.15, 0.2) is 12.3 Å². The third-order valence-electron chi connectivity index (χ3n) is 5.64. The first-order chi connectivity index (χ1) is 14.3. The maximum atomic E-state index is 12.5. The summed E-state index contributed by atoms with van der Waals surface area (Å²) < 4.78 is 19.5. The number of carbonyl (C=O) groups excluding carboxylic acids is 1. The van der Waals surface area contributed by atoms with Gasteiger partial charge in [0.25, 0.3) is 5.56 Å². The highest BCUT2D eigenvalue weighted by molar-refractivity contribution is 5.66. The van der Waals surface area contributed by atoms with Crippen LogP contribution in [-0.4, -0.2) is 33.3 Å². The Labute approximate surface area is 174 Å². The number of nitrogens with one attached hydrogen (secondary N) is 1. The summed E-state index contributed by atoms with van der Waals surface area (Å²) in [6.45, 7) is 7.15. The molecule has 8 nitrogen and oxygen atoms in total. The van der Waals surface area contributed by atoms with Gasteiger partial charge in [-0.1, -0.05) is 44.2 Å². The number of aryl methyl sites for hydroxylation is 1. The number of aromatic amines is 1. The van der Waals surface area contributed by atoms with Crippen molar-refractivity contribution in [3.8, 4) is 0 Å². The second-order valence-electron chi connectivity index (χ2n) is 7.55. The molecule has 0 radical (unpaired) electrons. The van der Waals surface area contributed by atoms with Crippen LogP contribution in [0.15, 0.2) is 46.1 Å². The van der Waals surface area contributed by atoms with Crippen molar-refractivity contribution in [1.29, 1.82) is 0 Å². The molecule has 0 aliphatic carbocycles. The van der Waals surface area contributed by atoms with Crippen LogP contribution >= 0.6 is 0 Å². The lowest BCUT2D eigenvalue weighted by Gasteiger charge is -2.33. The van der Waals surface area contributed by atoms with Crippen LogP contribution in [0, 0.1) is 6.92 Å². The Bertz CT molecular complexity index is 993. The number of H-pyrrole nitrogens is 1. The smallest absolute Gasteiger partial charge is 0.330 e. The van der Waals surface area contributed by atoms with Crippen LogP contribution in [0.25, 0.3) is 0 Å². The molecule has 3 rings (SSSR count).